The van der Waals surface area contributed by atoms with Crippen molar-refractivity contribution < 1.29 is 0 Å². The molecular weight excluding hydrogens is 347 g/mol. The maximum Gasteiger partial charge on any atom is 0.137 e. The van der Waals surface area contributed by atoms with Gasteiger partial charge in [-0.2, -0.15) is 0 Å². The zero-order valence-corrected chi connectivity index (χ0v) is 13.1. The second-order valence-electron chi connectivity index (χ2n) is 4.22. The van der Waals surface area contributed by atoms with Gasteiger partial charge < -0.3 is 4.40 Å². The monoisotopic (exact) mass is 354 g/mol. The Morgan fingerprint density at radius 3 is 2.74 bits per heavy atom. The van der Waals surface area contributed by atoms with E-state index in [0.29, 0.717) is 10.0 Å². The number of nitrogens with zero attached hydrogens (tertiary/aromatic N) is 2. The Morgan fingerprint density at radius 2 is 1.95 bits per heavy atom. The van der Waals surface area contributed by atoms with E-state index in [9.17, 15) is 0 Å². The van der Waals surface area contributed by atoms with Crippen molar-refractivity contribution in [3.05, 3.63) is 56.7 Å². The van der Waals surface area contributed by atoms with Crippen LogP contribution >= 0.6 is 39.1 Å². The first-order valence-corrected chi connectivity index (χ1v) is 7.21. The third kappa shape index (κ3) is 2.16. The molecule has 0 spiro atoms. The third-order valence-electron chi connectivity index (χ3n) is 3.05. The predicted octanol–water partition coefficient (Wildman–Crippen LogP) is 5.38. The molecule has 19 heavy (non-hydrogen) atoms. The summed E-state index contributed by atoms with van der Waals surface area (Å²) in [6.45, 7) is 2.03. The van der Waals surface area contributed by atoms with Crippen molar-refractivity contribution in [1.82, 2.24) is 9.38 Å². The number of hydrogen-bond donors (Lipinski definition) is 0. The van der Waals surface area contributed by atoms with Gasteiger partial charge in [-0.25, -0.2) is 4.98 Å². The lowest BCUT2D eigenvalue weighted by atomic mass is 10.2. The molecule has 1 aromatic carbocycles. The van der Waals surface area contributed by atoms with Gasteiger partial charge in [0.05, 0.1) is 15.7 Å². The number of aromatic nitrogens is 2. The minimum Gasteiger partial charge on any atom is -0.303 e. The van der Waals surface area contributed by atoms with Gasteiger partial charge in [0.15, 0.2) is 0 Å². The Bertz CT molecular complexity index is 780. The van der Waals surface area contributed by atoms with Gasteiger partial charge in [0, 0.05) is 21.9 Å². The summed E-state index contributed by atoms with van der Waals surface area (Å²) in [6.07, 6.45) is 1.97. The topological polar surface area (TPSA) is 17.3 Å². The molecule has 0 bridgehead atoms. The van der Waals surface area contributed by atoms with E-state index in [0.717, 1.165) is 27.1 Å². The first-order valence-electron chi connectivity index (χ1n) is 5.66. The number of halogens is 3. The van der Waals surface area contributed by atoms with Crippen LogP contribution in [0.2, 0.25) is 10.0 Å². The van der Waals surface area contributed by atoms with Crippen LogP contribution in [0.3, 0.4) is 0 Å². The molecule has 0 atom stereocenters. The summed E-state index contributed by atoms with van der Waals surface area (Å²) in [7, 11) is 0. The number of pyridine rings is 1. The lowest BCUT2D eigenvalue weighted by Gasteiger charge is -2.01. The third-order valence-corrected chi connectivity index (χ3v) is 4.70. The lowest BCUT2D eigenvalue weighted by Crippen LogP contribution is -1.89. The van der Waals surface area contributed by atoms with Crippen LogP contribution in [0.5, 0.6) is 0 Å². The second kappa shape index (κ2) is 4.82. The molecule has 0 amide bonds. The van der Waals surface area contributed by atoms with Crippen molar-refractivity contribution in [3.63, 3.8) is 0 Å². The normalized spacial score (nSPS) is 11.2. The maximum absolute atomic E-state index is 6.24. The second-order valence-corrected chi connectivity index (χ2v) is 5.86. The summed E-state index contributed by atoms with van der Waals surface area (Å²) in [6, 6.07) is 9.50. The molecule has 3 aromatic rings. The SMILES string of the molecule is Cc1c(Br)ccc2nc(-c3cccc(Cl)c3Cl)cn12. The fourth-order valence-corrected chi connectivity index (χ4v) is 2.72. The first-order chi connectivity index (χ1) is 9.08. The molecule has 0 saturated heterocycles. The molecule has 96 valence electrons. The number of imidazole rings is 1. The molecule has 0 aliphatic rings. The molecule has 0 aliphatic carbocycles. The van der Waals surface area contributed by atoms with E-state index in [1.54, 1.807) is 6.07 Å². The van der Waals surface area contributed by atoms with E-state index in [-0.39, 0.29) is 0 Å². The fourth-order valence-electron chi connectivity index (χ4n) is 2.00. The van der Waals surface area contributed by atoms with Crippen molar-refractivity contribution in [2.24, 2.45) is 0 Å². The largest absolute Gasteiger partial charge is 0.303 e. The Balaban J connectivity index is 2.27. The smallest absolute Gasteiger partial charge is 0.137 e. The fraction of sp³-hybridized carbons (Fsp3) is 0.0714. The molecule has 2 heterocycles. The van der Waals surface area contributed by atoms with Gasteiger partial charge in [0.2, 0.25) is 0 Å². The van der Waals surface area contributed by atoms with Crippen LogP contribution in [0.15, 0.2) is 41.0 Å². The van der Waals surface area contributed by atoms with Crippen molar-refractivity contribution in [1.29, 1.82) is 0 Å². The molecule has 0 radical (unpaired) electrons. The predicted molar refractivity (Wildman–Crippen MR) is 83.1 cm³/mol. The highest BCUT2D eigenvalue weighted by atomic mass is 79.9. The summed E-state index contributed by atoms with van der Waals surface area (Å²) in [4.78, 5) is 4.59. The Labute approximate surface area is 129 Å². The molecule has 0 saturated carbocycles. The first kappa shape index (κ1) is 13.0. The zero-order chi connectivity index (χ0) is 13.6. The Kier molecular flexibility index (Phi) is 3.29. The molecule has 2 nitrogen and oxygen atoms in total. The number of rotatable bonds is 1. The van der Waals surface area contributed by atoms with Gasteiger partial charge >= 0.3 is 0 Å². The standard InChI is InChI=1S/C14H9BrCl2N2/c1-8-10(15)5-6-13-18-12(7-19(8)13)9-3-2-4-11(16)14(9)17/h2-7H,1H3. The Hall–Kier alpha value is -1.03. The van der Waals surface area contributed by atoms with Gasteiger partial charge in [-0.1, -0.05) is 35.3 Å². The average Bonchev–Trinajstić information content (AvgIpc) is 2.82. The summed E-state index contributed by atoms with van der Waals surface area (Å²) >= 11 is 15.8. The van der Waals surface area contributed by atoms with Crippen molar-refractivity contribution in [3.8, 4) is 11.3 Å². The van der Waals surface area contributed by atoms with Gasteiger partial charge in [-0.05, 0) is 41.1 Å². The van der Waals surface area contributed by atoms with E-state index in [1.807, 2.05) is 41.8 Å². The number of benzene rings is 1. The van der Waals surface area contributed by atoms with Crippen LogP contribution in [0.25, 0.3) is 16.9 Å². The maximum atomic E-state index is 6.24. The molecule has 0 fully saturated rings. The molecular formula is C14H9BrCl2N2. The van der Waals surface area contributed by atoms with Crippen LogP contribution in [-0.2, 0) is 0 Å². The quantitative estimate of drug-likeness (QED) is 0.572. The van der Waals surface area contributed by atoms with Gasteiger partial charge in [-0.3, -0.25) is 0 Å². The van der Waals surface area contributed by atoms with Gasteiger partial charge in [-0.15, -0.1) is 0 Å². The van der Waals surface area contributed by atoms with Crippen LogP contribution in [-0.4, -0.2) is 9.38 Å². The summed E-state index contributed by atoms with van der Waals surface area (Å²) < 4.78 is 3.07. The summed E-state index contributed by atoms with van der Waals surface area (Å²) in [5.74, 6) is 0. The molecule has 5 heteroatoms. The minimum absolute atomic E-state index is 0.532. The molecule has 2 aromatic heterocycles. The zero-order valence-electron chi connectivity index (χ0n) is 9.99. The molecule has 0 unspecified atom stereocenters. The van der Waals surface area contributed by atoms with Crippen molar-refractivity contribution in [2.45, 2.75) is 6.92 Å². The summed E-state index contributed by atoms with van der Waals surface area (Å²) in [5.41, 5.74) is 3.63. The van der Waals surface area contributed by atoms with E-state index >= 15 is 0 Å². The molecule has 3 rings (SSSR count). The highest BCUT2D eigenvalue weighted by molar-refractivity contribution is 9.10. The molecule has 0 aliphatic heterocycles. The van der Waals surface area contributed by atoms with E-state index < -0.39 is 0 Å². The number of hydrogen-bond acceptors (Lipinski definition) is 1. The Morgan fingerprint density at radius 1 is 1.16 bits per heavy atom. The number of aryl methyl sites for hydroxylation is 1. The van der Waals surface area contributed by atoms with E-state index in [2.05, 4.69) is 20.9 Å². The van der Waals surface area contributed by atoms with Gasteiger partial charge in [0.1, 0.15) is 5.65 Å². The van der Waals surface area contributed by atoms with E-state index in [4.69, 9.17) is 23.2 Å². The average molecular weight is 356 g/mol. The van der Waals surface area contributed by atoms with Crippen molar-refractivity contribution >= 4 is 44.8 Å². The van der Waals surface area contributed by atoms with Crippen LogP contribution in [0.4, 0.5) is 0 Å². The van der Waals surface area contributed by atoms with Crippen LogP contribution < -0.4 is 0 Å². The lowest BCUT2D eigenvalue weighted by molar-refractivity contribution is 1.08. The van der Waals surface area contributed by atoms with Gasteiger partial charge in [0.25, 0.3) is 0 Å². The van der Waals surface area contributed by atoms with Crippen LogP contribution in [0.1, 0.15) is 5.69 Å². The number of fused-ring (bicyclic) bond motifs is 1. The van der Waals surface area contributed by atoms with Crippen molar-refractivity contribution in [2.75, 3.05) is 0 Å². The summed E-state index contributed by atoms with van der Waals surface area (Å²) in [5, 5.41) is 1.07. The highest BCUT2D eigenvalue weighted by Crippen LogP contribution is 2.33. The minimum atomic E-state index is 0.532. The highest BCUT2D eigenvalue weighted by Gasteiger charge is 2.11. The van der Waals surface area contributed by atoms with E-state index in [1.165, 1.54) is 0 Å². The van der Waals surface area contributed by atoms with Crippen LogP contribution in [0, 0.1) is 6.92 Å². The molecule has 0 N–H and O–H groups in total.